The summed E-state index contributed by atoms with van der Waals surface area (Å²) >= 11 is 1.09. The van der Waals surface area contributed by atoms with Crippen LogP contribution in [-0.4, -0.2) is 55.2 Å². The second-order valence-electron chi connectivity index (χ2n) is 7.64. The van der Waals surface area contributed by atoms with E-state index in [1.807, 2.05) is 18.2 Å². The van der Waals surface area contributed by atoms with Gasteiger partial charge >= 0.3 is 0 Å². The van der Waals surface area contributed by atoms with Crippen LogP contribution < -0.4 is 4.90 Å². The third-order valence-electron chi connectivity index (χ3n) is 5.47. The Bertz CT molecular complexity index is 1230. The summed E-state index contributed by atoms with van der Waals surface area (Å²) in [6.45, 7) is 4.26. The van der Waals surface area contributed by atoms with Crippen LogP contribution in [0, 0.1) is 11.6 Å². The lowest BCUT2D eigenvalue weighted by molar-refractivity contribution is 0.0376. The first-order valence-corrected chi connectivity index (χ1v) is 11.3. The number of anilines is 1. The summed E-state index contributed by atoms with van der Waals surface area (Å²) in [6.07, 6.45) is 0.693. The van der Waals surface area contributed by atoms with E-state index >= 15 is 0 Å². The van der Waals surface area contributed by atoms with E-state index in [0.717, 1.165) is 42.4 Å². The molecule has 0 radical (unpaired) electrons. The Morgan fingerprint density at radius 1 is 1.16 bits per heavy atom. The van der Waals surface area contributed by atoms with Gasteiger partial charge < -0.3 is 9.15 Å². The van der Waals surface area contributed by atoms with Crippen molar-refractivity contribution < 1.29 is 22.7 Å². The average molecular weight is 458 g/mol. The molecule has 1 saturated heterocycles. The second-order valence-corrected chi connectivity index (χ2v) is 8.65. The van der Waals surface area contributed by atoms with Gasteiger partial charge in [0.1, 0.15) is 16.9 Å². The van der Waals surface area contributed by atoms with Crippen molar-refractivity contribution in [3.05, 3.63) is 59.9 Å². The zero-order valence-electron chi connectivity index (χ0n) is 17.2. The van der Waals surface area contributed by atoms with E-state index in [1.54, 1.807) is 12.1 Å². The summed E-state index contributed by atoms with van der Waals surface area (Å²) in [7, 11) is 0. The van der Waals surface area contributed by atoms with Gasteiger partial charge in [-0.3, -0.25) is 14.6 Å². The molecule has 5 rings (SSSR count). The molecule has 0 spiro atoms. The molecule has 0 N–H and O–H groups in total. The van der Waals surface area contributed by atoms with E-state index in [-0.39, 0.29) is 17.2 Å². The molecule has 3 heterocycles. The van der Waals surface area contributed by atoms with Crippen LogP contribution in [-0.2, 0) is 4.74 Å². The molecule has 1 fully saturated rings. The third-order valence-corrected chi connectivity index (χ3v) is 6.50. The fraction of sp³-hybridized carbons (Fsp3) is 0.304. The minimum absolute atomic E-state index is 0.0574. The molecule has 6 nitrogen and oxygen atoms in total. The van der Waals surface area contributed by atoms with E-state index in [9.17, 15) is 13.6 Å². The highest BCUT2D eigenvalue weighted by Gasteiger charge is 2.25. The Hall–Kier alpha value is -2.88. The van der Waals surface area contributed by atoms with Crippen LogP contribution in [0.2, 0.25) is 0 Å². The topological polar surface area (TPSA) is 58.8 Å². The Kier molecular flexibility index (Phi) is 5.86. The normalized spacial score (nSPS) is 14.9. The van der Waals surface area contributed by atoms with Gasteiger partial charge in [0, 0.05) is 37.6 Å². The molecule has 2 aromatic heterocycles. The fourth-order valence-corrected chi connectivity index (χ4v) is 4.87. The van der Waals surface area contributed by atoms with Gasteiger partial charge in [-0.05, 0) is 24.6 Å². The Balaban J connectivity index is 1.45. The molecule has 1 aliphatic rings. The summed E-state index contributed by atoms with van der Waals surface area (Å²) in [5.41, 5.74) is 0.670. The summed E-state index contributed by atoms with van der Waals surface area (Å²) in [5, 5.41) is 1.14. The highest BCUT2D eigenvalue weighted by atomic mass is 32.1. The minimum Gasteiger partial charge on any atom is -0.451 e. The van der Waals surface area contributed by atoms with Crippen LogP contribution in [0.15, 0.2) is 46.9 Å². The monoisotopic (exact) mass is 457 g/mol. The van der Waals surface area contributed by atoms with Crippen molar-refractivity contribution in [2.24, 2.45) is 0 Å². The first-order chi connectivity index (χ1) is 15.6. The van der Waals surface area contributed by atoms with Crippen LogP contribution in [0.5, 0.6) is 0 Å². The van der Waals surface area contributed by atoms with Crippen LogP contribution in [0.25, 0.3) is 21.2 Å². The van der Waals surface area contributed by atoms with Gasteiger partial charge in [0.15, 0.2) is 16.7 Å². The van der Waals surface area contributed by atoms with Crippen molar-refractivity contribution in [2.45, 2.75) is 6.42 Å². The molecule has 9 heteroatoms. The first kappa shape index (κ1) is 21.0. The van der Waals surface area contributed by atoms with Gasteiger partial charge in [-0.25, -0.2) is 13.8 Å². The molecule has 0 saturated carbocycles. The molecule has 0 unspecified atom stereocenters. The van der Waals surface area contributed by atoms with E-state index in [4.69, 9.17) is 9.15 Å². The van der Waals surface area contributed by atoms with Crippen molar-refractivity contribution in [1.29, 1.82) is 0 Å². The summed E-state index contributed by atoms with van der Waals surface area (Å²) in [4.78, 5) is 21.5. The molecule has 1 aliphatic heterocycles. The number of halogens is 2. The number of amides is 1. The molecular formula is C23H21F2N3O3S. The highest BCUT2D eigenvalue weighted by Crippen LogP contribution is 2.32. The van der Waals surface area contributed by atoms with E-state index < -0.39 is 11.6 Å². The van der Waals surface area contributed by atoms with Gasteiger partial charge in [0.25, 0.3) is 5.91 Å². The molecule has 166 valence electrons. The zero-order chi connectivity index (χ0) is 22.1. The van der Waals surface area contributed by atoms with Crippen LogP contribution in [0.1, 0.15) is 17.0 Å². The maximum Gasteiger partial charge on any atom is 0.295 e. The largest absolute Gasteiger partial charge is 0.451 e. The lowest BCUT2D eigenvalue weighted by Gasteiger charge is -2.27. The zero-order valence-corrected chi connectivity index (χ0v) is 18.0. The lowest BCUT2D eigenvalue weighted by Crippen LogP contribution is -2.39. The van der Waals surface area contributed by atoms with Gasteiger partial charge in [-0.15, -0.1) is 0 Å². The second kappa shape index (κ2) is 8.93. The molecule has 0 bridgehead atoms. The molecule has 32 heavy (non-hydrogen) atoms. The standard InChI is InChI=1S/C23H21F2N3O3S/c24-16-13-17(25)21-20(14-16)32-23(26-21)28(7-3-6-27-8-10-30-11-9-27)22(29)19-12-15-4-1-2-5-18(15)31-19/h1-2,4-5,12-14H,3,6-11H2. The number of aromatic nitrogens is 1. The number of thiazole rings is 1. The first-order valence-electron chi connectivity index (χ1n) is 10.4. The van der Waals surface area contributed by atoms with Crippen molar-refractivity contribution in [1.82, 2.24) is 9.88 Å². The number of rotatable bonds is 6. The van der Waals surface area contributed by atoms with Crippen LogP contribution in [0.4, 0.5) is 13.9 Å². The minimum atomic E-state index is -0.744. The number of benzene rings is 2. The van der Waals surface area contributed by atoms with E-state index in [1.165, 1.54) is 11.0 Å². The summed E-state index contributed by atoms with van der Waals surface area (Å²) in [6, 6.07) is 11.1. The summed E-state index contributed by atoms with van der Waals surface area (Å²) < 4.78 is 39.4. The number of ether oxygens (including phenoxy) is 1. The van der Waals surface area contributed by atoms with Crippen LogP contribution >= 0.6 is 11.3 Å². The molecule has 4 aromatic rings. The van der Waals surface area contributed by atoms with Gasteiger partial charge in [0.2, 0.25) is 0 Å². The predicted octanol–water partition coefficient (Wildman–Crippen LogP) is 4.69. The number of hydrogen-bond donors (Lipinski definition) is 0. The molecule has 0 aliphatic carbocycles. The van der Waals surface area contributed by atoms with Crippen molar-refractivity contribution >= 4 is 43.6 Å². The predicted molar refractivity (Wildman–Crippen MR) is 119 cm³/mol. The van der Waals surface area contributed by atoms with Gasteiger partial charge in [-0.1, -0.05) is 29.5 Å². The van der Waals surface area contributed by atoms with Crippen molar-refractivity contribution in [2.75, 3.05) is 44.3 Å². The Morgan fingerprint density at radius 2 is 1.97 bits per heavy atom. The molecule has 0 atom stereocenters. The van der Waals surface area contributed by atoms with Crippen LogP contribution in [0.3, 0.4) is 0 Å². The van der Waals surface area contributed by atoms with Crippen molar-refractivity contribution in [3.8, 4) is 0 Å². The quantitative estimate of drug-likeness (QED) is 0.421. The number of nitrogens with zero attached hydrogens (tertiary/aromatic N) is 3. The molecule has 2 aromatic carbocycles. The number of carbonyl (C=O) groups excluding carboxylic acids is 1. The third kappa shape index (κ3) is 4.23. The summed E-state index contributed by atoms with van der Waals surface area (Å²) in [5.74, 6) is -1.59. The number of carbonyl (C=O) groups is 1. The maximum absolute atomic E-state index is 14.2. The van der Waals surface area contributed by atoms with Gasteiger partial charge in [0.05, 0.1) is 17.9 Å². The van der Waals surface area contributed by atoms with E-state index in [2.05, 4.69) is 9.88 Å². The smallest absolute Gasteiger partial charge is 0.295 e. The fourth-order valence-electron chi connectivity index (χ4n) is 3.84. The van der Waals surface area contributed by atoms with Crippen molar-refractivity contribution in [3.63, 3.8) is 0 Å². The number of morpholine rings is 1. The highest BCUT2D eigenvalue weighted by molar-refractivity contribution is 7.22. The number of fused-ring (bicyclic) bond motifs is 2. The number of para-hydroxylation sites is 1. The SMILES string of the molecule is O=C(c1cc2ccccc2o1)N(CCCN1CCOCC1)c1nc2c(F)cc(F)cc2s1. The van der Waals surface area contributed by atoms with Gasteiger partial charge in [-0.2, -0.15) is 0 Å². The molecule has 1 amide bonds. The maximum atomic E-state index is 14.2. The Morgan fingerprint density at radius 3 is 2.78 bits per heavy atom. The lowest BCUT2D eigenvalue weighted by atomic mass is 10.2. The van der Waals surface area contributed by atoms with E-state index in [0.29, 0.717) is 41.6 Å². The average Bonchev–Trinajstić information content (AvgIpc) is 3.41. The number of hydrogen-bond acceptors (Lipinski definition) is 6. The Labute approximate surface area is 187 Å². The number of furan rings is 1. The molecular weight excluding hydrogens is 436 g/mol.